The Morgan fingerprint density at radius 3 is 2.73 bits per heavy atom. The first-order valence-electron chi connectivity index (χ1n) is 7.91. The summed E-state index contributed by atoms with van der Waals surface area (Å²) in [6, 6.07) is 12.5. The zero-order valence-electron chi connectivity index (χ0n) is 13.9. The maximum Gasteiger partial charge on any atom is 0.271 e. The summed E-state index contributed by atoms with van der Waals surface area (Å²) in [5.74, 6) is -1.81. The van der Waals surface area contributed by atoms with Crippen molar-refractivity contribution in [3.05, 3.63) is 81.8 Å². The lowest BCUT2D eigenvalue weighted by molar-refractivity contribution is 0.0935. The van der Waals surface area contributed by atoms with Gasteiger partial charge in [-0.3, -0.25) is 4.79 Å². The molecule has 0 aliphatic heterocycles. The summed E-state index contributed by atoms with van der Waals surface area (Å²) in [6.07, 6.45) is 0. The SMILES string of the molecule is C[C@H](NC(=O)c1csc(COc2ccc(F)cc2F)n1)c1ccccc1. The first kappa shape index (κ1) is 18.0. The molecule has 0 spiro atoms. The number of nitrogens with one attached hydrogen (secondary N) is 1. The Hall–Kier alpha value is -2.80. The van der Waals surface area contributed by atoms with Crippen LogP contribution >= 0.6 is 11.3 Å². The topological polar surface area (TPSA) is 51.2 Å². The third-order valence-corrected chi connectivity index (χ3v) is 4.50. The summed E-state index contributed by atoms with van der Waals surface area (Å²) in [6.45, 7) is 1.88. The van der Waals surface area contributed by atoms with Gasteiger partial charge in [0.25, 0.3) is 5.91 Å². The van der Waals surface area contributed by atoms with Crippen molar-refractivity contribution in [1.82, 2.24) is 10.3 Å². The number of rotatable bonds is 6. The van der Waals surface area contributed by atoms with Crippen LogP contribution in [0.15, 0.2) is 53.9 Å². The summed E-state index contributed by atoms with van der Waals surface area (Å²) in [5, 5.41) is 5.02. The van der Waals surface area contributed by atoms with Crippen molar-refractivity contribution in [2.24, 2.45) is 0 Å². The molecule has 0 fully saturated rings. The Morgan fingerprint density at radius 1 is 1.23 bits per heavy atom. The lowest BCUT2D eigenvalue weighted by atomic mass is 10.1. The van der Waals surface area contributed by atoms with Crippen LogP contribution in [0.4, 0.5) is 8.78 Å². The molecule has 2 aromatic carbocycles. The number of halogens is 2. The number of carbonyl (C=O) groups excluding carboxylic acids is 1. The molecule has 1 amide bonds. The van der Waals surface area contributed by atoms with E-state index in [1.807, 2.05) is 37.3 Å². The number of hydrogen-bond acceptors (Lipinski definition) is 4. The van der Waals surface area contributed by atoms with Crippen LogP contribution < -0.4 is 10.1 Å². The average Bonchev–Trinajstić information content (AvgIpc) is 3.11. The van der Waals surface area contributed by atoms with Crippen LogP contribution in [0, 0.1) is 11.6 Å². The maximum atomic E-state index is 13.5. The average molecular weight is 374 g/mol. The van der Waals surface area contributed by atoms with Gasteiger partial charge in [0.15, 0.2) is 11.6 Å². The van der Waals surface area contributed by atoms with E-state index in [-0.39, 0.29) is 30.0 Å². The van der Waals surface area contributed by atoms with E-state index in [1.165, 1.54) is 17.4 Å². The van der Waals surface area contributed by atoms with Crippen LogP contribution in [0.2, 0.25) is 0 Å². The van der Waals surface area contributed by atoms with E-state index in [1.54, 1.807) is 5.38 Å². The summed E-state index contributed by atoms with van der Waals surface area (Å²) in [7, 11) is 0. The van der Waals surface area contributed by atoms with Gasteiger partial charge in [0.2, 0.25) is 0 Å². The van der Waals surface area contributed by atoms with E-state index in [0.29, 0.717) is 5.01 Å². The Bertz CT molecular complexity index is 900. The normalized spacial score (nSPS) is 11.8. The third kappa shape index (κ3) is 4.43. The highest BCUT2D eigenvalue weighted by molar-refractivity contribution is 7.09. The largest absolute Gasteiger partial charge is 0.483 e. The van der Waals surface area contributed by atoms with Gasteiger partial charge in [0.1, 0.15) is 23.1 Å². The van der Waals surface area contributed by atoms with Crippen molar-refractivity contribution < 1.29 is 18.3 Å². The summed E-state index contributed by atoms with van der Waals surface area (Å²) >= 11 is 1.24. The highest BCUT2D eigenvalue weighted by Crippen LogP contribution is 2.20. The second-order valence-electron chi connectivity index (χ2n) is 5.60. The van der Waals surface area contributed by atoms with Gasteiger partial charge in [-0.25, -0.2) is 13.8 Å². The number of benzene rings is 2. The molecule has 26 heavy (non-hydrogen) atoms. The molecule has 0 aliphatic rings. The van der Waals surface area contributed by atoms with Crippen molar-refractivity contribution in [1.29, 1.82) is 0 Å². The zero-order valence-corrected chi connectivity index (χ0v) is 14.7. The smallest absolute Gasteiger partial charge is 0.271 e. The van der Waals surface area contributed by atoms with Gasteiger partial charge in [-0.1, -0.05) is 30.3 Å². The van der Waals surface area contributed by atoms with Gasteiger partial charge in [-0.05, 0) is 24.6 Å². The standard InChI is InChI=1S/C19H16F2N2O2S/c1-12(13-5-3-2-4-6-13)22-19(24)16-11-26-18(23-16)10-25-17-8-7-14(20)9-15(17)21/h2-9,11-12H,10H2,1H3,(H,22,24)/t12-/m0/s1. The molecule has 0 aliphatic carbocycles. The number of thiazole rings is 1. The fraction of sp³-hybridized carbons (Fsp3) is 0.158. The monoisotopic (exact) mass is 374 g/mol. The minimum absolute atomic E-state index is 0.00522. The molecule has 7 heteroatoms. The predicted molar refractivity (Wildman–Crippen MR) is 95.1 cm³/mol. The quantitative estimate of drug-likeness (QED) is 0.692. The minimum Gasteiger partial charge on any atom is -0.483 e. The fourth-order valence-electron chi connectivity index (χ4n) is 2.31. The first-order chi connectivity index (χ1) is 12.5. The molecule has 0 saturated heterocycles. The highest BCUT2D eigenvalue weighted by Gasteiger charge is 2.15. The van der Waals surface area contributed by atoms with Crippen LogP contribution in [0.3, 0.4) is 0 Å². The number of nitrogens with zero attached hydrogens (tertiary/aromatic N) is 1. The van der Waals surface area contributed by atoms with E-state index in [9.17, 15) is 13.6 Å². The molecule has 0 radical (unpaired) electrons. The molecule has 0 saturated carbocycles. The van der Waals surface area contributed by atoms with Crippen LogP contribution in [-0.2, 0) is 6.61 Å². The van der Waals surface area contributed by atoms with Gasteiger partial charge in [-0.2, -0.15) is 0 Å². The summed E-state index contributed by atoms with van der Waals surface area (Å²) in [5.41, 5.74) is 1.27. The van der Waals surface area contributed by atoms with Crippen LogP contribution in [-0.4, -0.2) is 10.9 Å². The van der Waals surface area contributed by atoms with Gasteiger partial charge in [0, 0.05) is 11.4 Å². The van der Waals surface area contributed by atoms with Crippen molar-refractivity contribution in [3.63, 3.8) is 0 Å². The van der Waals surface area contributed by atoms with Crippen LogP contribution in [0.5, 0.6) is 5.75 Å². The molecule has 3 rings (SSSR count). The number of carbonyl (C=O) groups is 1. The zero-order chi connectivity index (χ0) is 18.5. The fourth-order valence-corrected chi connectivity index (χ4v) is 2.99. The van der Waals surface area contributed by atoms with Crippen molar-refractivity contribution in [2.45, 2.75) is 19.6 Å². The Balaban J connectivity index is 1.59. The second-order valence-corrected chi connectivity index (χ2v) is 6.54. The molecule has 4 nitrogen and oxygen atoms in total. The molecule has 0 bridgehead atoms. The lowest BCUT2D eigenvalue weighted by Gasteiger charge is -2.13. The van der Waals surface area contributed by atoms with E-state index < -0.39 is 11.6 Å². The summed E-state index contributed by atoms with van der Waals surface area (Å²) in [4.78, 5) is 16.5. The molecule has 134 valence electrons. The molecule has 1 aromatic heterocycles. The molecule has 1 heterocycles. The molecular weight excluding hydrogens is 358 g/mol. The molecular formula is C19H16F2N2O2S. The Morgan fingerprint density at radius 2 is 2.00 bits per heavy atom. The highest BCUT2D eigenvalue weighted by atomic mass is 32.1. The van der Waals surface area contributed by atoms with Gasteiger partial charge >= 0.3 is 0 Å². The summed E-state index contributed by atoms with van der Waals surface area (Å²) < 4.78 is 31.7. The number of hydrogen-bond donors (Lipinski definition) is 1. The number of ether oxygens (including phenoxy) is 1. The van der Waals surface area contributed by atoms with E-state index >= 15 is 0 Å². The van der Waals surface area contributed by atoms with Crippen molar-refractivity contribution in [3.8, 4) is 5.75 Å². The van der Waals surface area contributed by atoms with Gasteiger partial charge < -0.3 is 10.1 Å². The Kier molecular flexibility index (Phi) is 5.58. The molecule has 1 atom stereocenters. The van der Waals surface area contributed by atoms with Crippen molar-refractivity contribution >= 4 is 17.2 Å². The van der Waals surface area contributed by atoms with Crippen molar-refractivity contribution in [2.75, 3.05) is 0 Å². The second kappa shape index (κ2) is 8.05. The van der Waals surface area contributed by atoms with E-state index in [0.717, 1.165) is 17.7 Å². The lowest BCUT2D eigenvalue weighted by Crippen LogP contribution is -2.26. The number of amides is 1. The molecule has 1 N–H and O–H groups in total. The van der Waals surface area contributed by atoms with E-state index in [4.69, 9.17) is 4.74 Å². The Labute approximate surface area is 153 Å². The van der Waals surface area contributed by atoms with Crippen LogP contribution in [0.25, 0.3) is 0 Å². The third-order valence-electron chi connectivity index (χ3n) is 3.68. The number of aromatic nitrogens is 1. The first-order valence-corrected chi connectivity index (χ1v) is 8.79. The molecule has 0 unspecified atom stereocenters. The maximum absolute atomic E-state index is 13.5. The van der Waals surface area contributed by atoms with Gasteiger partial charge in [-0.15, -0.1) is 11.3 Å². The predicted octanol–water partition coefficient (Wildman–Crippen LogP) is 4.49. The minimum atomic E-state index is -0.781. The van der Waals surface area contributed by atoms with Crippen LogP contribution in [0.1, 0.15) is 34.0 Å². The van der Waals surface area contributed by atoms with Gasteiger partial charge in [0.05, 0.1) is 6.04 Å². The van der Waals surface area contributed by atoms with E-state index in [2.05, 4.69) is 10.3 Å². The molecule has 3 aromatic rings.